The van der Waals surface area contributed by atoms with Crippen LogP contribution >= 0.6 is 0 Å². The third-order valence-corrected chi connectivity index (χ3v) is 9.57. The number of hydrogen-bond acceptors (Lipinski definition) is 6. The molecule has 3 rings (SSSR count). The van der Waals surface area contributed by atoms with Crippen molar-refractivity contribution in [1.29, 1.82) is 0 Å². The Bertz CT molecular complexity index is 1120. The first-order valence-corrected chi connectivity index (χ1v) is 14.9. The number of aryl methyl sites for hydroxylation is 2. The lowest BCUT2D eigenvalue weighted by atomic mass is 9.91. The predicted molar refractivity (Wildman–Crippen MR) is 145 cm³/mol. The van der Waals surface area contributed by atoms with E-state index in [4.69, 9.17) is 9.47 Å². The normalized spacial score (nSPS) is 17.8. The molecule has 2 aromatic rings. The van der Waals surface area contributed by atoms with Gasteiger partial charge in [0, 0.05) is 4.92 Å². The van der Waals surface area contributed by atoms with Gasteiger partial charge < -0.3 is 9.47 Å². The summed E-state index contributed by atoms with van der Waals surface area (Å²) < 4.78 is 39.2. The van der Waals surface area contributed by atoms with Crippen molar-refractivity contribution in [2.24, 2.45) is 0 Å². The van der Waals surface area contributed by atoms with Crippen LogP contribution in [0.5, 0.6) is 0 Å². The Kier molecular flexibility index (Phi) is 9.89. The van der Waals surface area contributed by atoms with Crippen molar-refractivity contribution in [2.75, 3.05) is 13.2 Å². The fourth-order valence-electron chi connectivity index (χ4n) is 4.74. The number of nitro groups is 1. The monoisotopic (exact) mass is 531 g/mol. The molecule has 0 radical (unpaired) electrons. The van der Waals surface area contributed by atoms with Gasteiger partial charge >= 0.3 is 0 Å². The van der Waals surface area contributed by atoms with Gasteiger partial charge in [0.05, 0.1) is 4.90 Å². The van der Waals surface area contributed by atoms with Crippen molar-refractivity contribution >= 4 is 9.84 Å². The Labute approximate surface area is 221 Å². The van der Waals surface area contributed by atoms with E-state index in [-0.39, 0.29) is 24.5 Å². The van der Waals surface area contributed by atoms with Gasteiger partial charge in [-0.05, 0) is 63.3 Å². The van der Waals surface area contributed by atoms with Crippen LogP contribution in [0.2, 0.25) is 0 Å². The molecule has 1 fully saturated rings. The standard InChI is InChI=1S/C29H41NO6S/c1-5-6-7-8-9-10-11-24-14-16-25(17-15-24)20-27(37(33,34)26-18-12-23(2)13-19-26)29(30(31)32)21-35-28(3,4)36-22-29/h12-19,27H,5-11,20-22H2,1-4H3. The fraction of sp³-hybridized carbons (Fsp3) is 0.586. The first kappa shape index (κ1) is 29.3. The maximum absolute atomic E-state index is 13.9. The van der Waals surface area contributed by atoms with Crippen LogP contribution in [0.1, 0.15) is 76.0 Å². The largest absolute Gasteiger partial charge is 0.343 e. The summed E-state index contributed by atoms with van der Waals surface area (Å²) in [6.07, 6.45) is 8.29. The molecule has 0 saturated carbocycles. The molecule has 7 nitrogen and oxygen atoms in total. The summed E-state index contributed by atoms with van der Waals surface area (Å²) in [5.41, 5.74) is 0.897. The van der Waals surface area contributed by atoms with Crippen LogP contribution < -0.4 is 0 Å². The van der Waals surface area contributed by atoms with Crippen LogP contribution in [0.4, 0.5) is 0 Å². The molecule has 2 aromatic carbocycles. The van der Waals surface area contributed by atoms with E-state index in [2.05, 4.69) is 6.92 Å². The molecule has 1 saturated heterocycles. The minimum absolute atomic E-state index is 0.0123. The zero-order valence-electron chi connectivity index (χ0n) is 22.6. The van der Waals surface area contributed by atoms with Gasteiger partial charge in [-0.1, -0.05) is 81.0 Å². The van der Waals surface area contributed by atoms with Crippen LogP contribution in [0.15, 0.2) is 53.4 Å². The number of hydrogen-bond donors (Lipinski definition) is 0. The molecule has 1 aliphatic rings. The average molecular weight is 532 g/mol. The molecule has 0 aromatic heterocycles. The molecule has 0 spiro atoms. The van der Waals surface area contributed by atoms with Gasteiger partial charge in [0.1, 0.15) is 18.5 Å². The van der Waals surface area contributed by atoms with E-state index in [0.717, 1.165) is 24.0 Å². The number of unbranched alkanes of at least 4 members (excludes halogenated alkanes) is 5. The van der Waals surface area contributed by atoms with Crippen LogP contribution in [0.3, 0.4) is 0 Å². The molecule has 1 aliphatic heterocycles. The predicted octanol–water partition coefficient (Wildman–Crippen LogP) is 6.08. The Morgan fingerprint density at radius 3 is 2.00 bits per heavy atom. The lowest BCUT2D eigenvalue weighted by Crippen LogP contribution is -2.64. The second-order valence-corrected chi connectivity index (χ2v) is 12.9. The first-order chi connectivity index (χ1) is 17.5. The maximum atomic E-state index is 13.9. The summed E-state index contributed by atoms with van der Waals surface area (Å²) in [6, 6.07) is 14.2. The van der Waals surface area contributed by atoms with E-state index in [9.17, 15) is 18.5 Å². The smallest absolute Gasteiger partial charge is 0.285 e. The fourth-order valence-corrected chi connectivity index (χ4v) is 6.79. The van der Waals surface area contributed by atoms with E-state index in [0.29, 0.717) is 0 Å². The van der Waals surface area contributed by atoms with Crippen LogP contribution in [-0.4, -0.2) is 43.1 Å². The highest BCUT2D eigenvalue weighted by Crippen LogP contribution is 2.36. The number of ether oxygens (including phenoxy) is 2. The zero-order valence-corrected chi connectivity index (χ0v) is 23.4. The van der Waals surface area contributed by atoms with Gasteiger partial charge in [-0.15, -0.1) is 0 Å². The molecule has 0 bridgehead atoms. The minimum atomic E-state index is -4.09. The third-order valence-electron chi connectivity index (χ3n) is 7.29. The summed E-state index contributed by atoms with van der Waals surface area (Å²) in [7, 11) is -4.09. The van der Waals surface area contributed by atoms with Crippen molar-refractivity contribution in [3.05, 3.63) is 75.3 Å². The maximum Gasteiger partial charge on any atom is 0.285 e. The minimum Gasteiger partial charge on any atom is -0.343 e. The SMILES string of the molecule is CCCCCCCCc1ccc(CC(C2([N+](=O)[O-])COC(C)(C)OC2)S(=O)(=O)c2ccc(C)cc2)cc1. The van der Waals surface area contributed by atoms with Crippen molar-refractivity contribution in [3.8, 4) is 0 Å². The second-order valence-electron chi connectivity index (χ2n) is 10.7. The lowest BCUT2D eigenvalue weighted by Gasteiger charge is -2.41. The molecular weight excluding hydrogens is 490 g/mol. The summed E-state index contributed by atoms with van der Waals surface area (Å²) in [4.78, 5) is 12.0. The molecule has 0 N–H and O–H groups in total. The van der Waals surface area contributed by atoms with Gasteiger partial charge in [-0.25, -0.2) is 8.42 Å². The molecule has 37 heavy (non-hydrogen) atoms. The molecule has 8 heteroatoms. The highest BCUT2D eigenvalue weighted by Gasteiger charge is 2.60. The summed E-state index contributed by atoms with van der Waals surface area (Å²) >= 11 is 0. The Morgan fingerprint density at radius 2 is 1.43 bits per heavy atom. The topological polar surface area (TPSA) is 95.7 Å². The molecule has 1 atom stereocenters. The highest BCUT2D eigenvalue weighted by atomic mass is 32.2. The van der Waals surface area contributed by atoms with E-state index in [1.54, 1.807) is 26.0 Å². The summed E-state index contributed by atoms with van der Waals surface area (Å²) in [6.45, 7) is 6.72. The summed E-state index contributed by atoms with van der Waals surface area (Å²) in [5, 5.41) is 11.1. The van der Waals surface area contributed by atoms with Crippen molar-refractivity contribution in [1.82, 2.24) is 0 Å². The van der Waals surface area contributed by atoms with Gasteiger partial charge in [0.15, 0.2) is 15.6 Å². The first-order valence-electron chi connectivity index (χ1n) is 13.3. The zero-order chi connectivity index (χ0) is 27.1. The molecule has 0 aliphatic carbocycles. The summed E-state index contributed by atoms with van der Waals surface area (Å²) in [5.74, 6) is -1.02. The van der Waals surface area contributed by atoms with Crippen molar-refractivity contribution in [2.45, 2.75) is 101 Å². The van der Waals surface area contributed by atoms with Crippen molar-refractivity contribution < 1.29 is 22.8 Å². The molecule has 1 heterocycles. The quantitative estimate of drug-likeness (QED) is 0.177. The van der Waals surface area contributed by atoms with E-state index in [1.165, 1.54) is 49.8 Å². The lowest BCUT2D eigenvalue weighted by molar-refractivity contribution is -0.595. The van der Waals surface area contributed by atoms with Gasteiger partial charge in [0.25, 0.3) is 5.54 Å². The number of benzene rings is 2. The van der Waals surface area contributed by atoms with Crippen LogP contribution in [0.25, 0.3) is 0 Å². The van der Waals surface area contributed by atoms with Crippen molar-refractivity contribution in [3.63, 3.8) is 0 Å². The Morgan fingerprint density at radius 1 is 0.892 bits per heavy atom. The Balaban J connectivity index is 1.86. The van der Waals surface area contributed by atoms with Crippen LogP contribution in [-0.2, 0) is 32.2 Å². The van der Waals surface area contributed by atoms with Crippen LogP contribution in [0, 0.1) is 17.0 Å². The average Bonchev–Trinajstić information content (AvgIpc) is 2.86. The second kappa shape index (κ2) is 12.5. The highest BCUT2D eigenvalue weighted by molar-refractivity contribution is 7.92. The molecule has 1 unspecified atom stereocenters. The number of nitrogens with zero attached hydrogens (tertiary/aromatic N) is 1. The molecular formula is C29H41NO6S. The van der Waals surface area contributed by atoms with E-state index in [1.807, 2.05) is 31.2 Å². The van der Waals surface area contributed by atoms with E-state index < -0.39 is 31.3 Å². The number of rotatable bonds is 13. The molecule has 0 amide bonds. The van der Waals surface area contributed by atoms with Gasteiger partial charge in [-0.3, -0.25) is 10.1 Å². The third kappa shape index (κ3) is 7.39. The van der Waals surface area contributed by atoms with Gasteiger partial charge in [0.2, 0.25) is 0 Å². The number of sulfone groups is 1. The van der Waals surface area contributed by atoms with E-state index >= 15 is 0 Å². The molecule has 204 valence electrons. The van der Waals surface area contributed by atoms with Gasteiger partial charge in [-0.2, -0.15) is 0 Å². The Hall–Kier alpha value is -2.29.